The van der Waals surface area contributed by atoms with Gasteiger partial charge in [0.1, 0.15) is 0 Å². The van der Waals surface area contributed by atoms with Crippen LogP contribution in [0.15, 0.2) is 24.3 Å². The van der Waals surface area contributed by atoms with Crippen molar-refractivity contribution in [3.05, 3.63) is 29.8 Å². The highest BCUT2D eigenvalue weighted by Crippen LogP contribution is 2.16. The summed E-state index contributed by atoms with van der Waals surface area (Å²) >= 11 is 0. The molecular weight excluding hydrogens is 270 g/mol. The fourth-order valence-electron chi connectivity index (χ4n) is 2.44. The molecule has 1 aromatic rings. The topological polar surface area (TPSA) is 84.7 Å². The van der Waals surface area contributed by atoms with Crippen molar-refractivity contribution in [3.63, 3.8) is 0 Å². The van der Waals surface area contributed by atoms with Crippen molar-refractivity contribution in [2.45, 2.75) is 25.9 Å². The number of benzene rings is 1. The van der Waals surface area contributed by atoms with Gasteiger partial charge in [0.15, 0.2) is 0 Å². The van der Waals surface area contributed by atoms with Crippen molar-refractivity contribution in [1.29, 1.82) is 0 Å². The zero-order valence-corrected chi connectivity index (χ0v) is 12.2. The number of ether oxygens (including phenoxy) is 1. The molecule has 0 saturated carbocycles. The summed E-state index contributed by atoms with van der Waals surface area (Å²) in [6.07, 6.45) is 2.17. The molecule has 0 aromatic heterocycles. The molecule has 21 heavy (non-hydrogen) atoms. The van der Waals surface area contributed by atoms with Crippen molar-refractivity contribution >= 4 is 17.6 Å². The molecule has 0 bridgehead atoms. The normalized spacial score (nSPS) is 17.5. The van der Waals surface area contributed by atoms with Crippen LogP contribution in [0.3, 0.4) is 0 Å². The van der Waals surface area contributed by atoms with Gasteiger partial charge in [0.2, 0.25) is 0 Å². The molecule has 1 aromatic carbocycles. The number of nitrogens with two attached hydrogens (primary N) is 1. The standard InChI is InChI=1S/C15H21N3O3/c1-2-18(10-13-7-4-8-21-13)14(19)11-5-3-6-12(9-11)17-15(16)20/h3,5-6,9,13H,2,4,7-8,10H2,1H3,(H3,16,17,20). The maximum Gasteiger partial charge on any atom is 0.316 e. The molecule has 1 fully saturated rings. The second-order valence-corrected chi connectivity index (χ2v) is 5.05. The van der Waals surface area contributed by atoms with Crippen molar-refractivity contribution in [2.24, 2.45) is 5.73 Å². The van der Waals surface area contributed by atoms with Gasteiger partial charge in [-0.3, -0.25) is 4.79 Å². The number of anilines is 1. The number of likely N-dealkylation sites (N-methyl/N-ethyl adjacent to an activating group) is 1. The minimum Gasteiger partial charge on any atom is -0.376 e. The van der Waals surface area contributed by atoms with Gasteiger partial charge in [0.05, 0.1) is 6.10 Å². The van der Waals surface area contributed by atoms with Gasteiger partial charge >= 0.3 is 6.03 Å². The average molecular weight is 291 g/mol. The summed E-state index contributed by atoms with van der Waals surface area (Å²) in [5, 5.41) is 2.47. The molecule has 0 spiro atoms. The average Bonchev–Trinajstić information content (AvgIpc) is 2.96. The zero-order chi connectivity index (χ0) is 15.2. The number of primary amides is 1. The highest BCUT2D eigenvalue weighted by Gasteiger charge is 2.22. The van der Waals surface area contributed by atoms with Crippen LogP contribution in [0.25, 0.3) is 0 Å². The van der Waals surface area contributed by atoms with Crippen LogP contribution in [0.5, 0.6) is 0 Å². The third-order valence-electron chi connectivity index (χ3n) is 3.49. The predicted molar refractivity (Wildman–Crippen MR) is 80.2 cm³/mol. The van der Waals surface area contributed by atoms with E-state index in [2.05, 4.69) is 5.32 Å². The SMILES string of the molecule is CCN(CC1CCCO1)C(=O)c1cccc(NC(N)=O)c1. The number of carbonyl (C=O) groups is 2. The van der Waals surface area contributed by atoms with Crippen molar-refractivity contribution < 1.29 is 14.3 Å². The van der Waals surface area contributed by atoms with Crippen molar-refractivity contribution in [3.8, 4) is 0 Å². The first kappa shape index (κ1) is 15.3. The second-order valence-electron chi connectivity index (χ2n) is 5.05. The Hall–Kier alpha value is -2.08. The Morgan fingerprint density at radius 2 is 2.29 bits per heavy atom. The number of rotatable bonds is 5. The third kappa shape index (κ3) is 4.19. The summed E-state index contributed by atoms with van der Waals surface area (Å²) in [6.45, 7) is 3.93. The fourth-order valence-corrected chi connectivity index (χ4v) is 2.44. The van der Waals surface area contributed by atoms with Crippen LogP contribution in [0.1, 0.15) is 30.1 Å². The Balaban J connectivity index is 2.07. The Kier molecular flexibility index (Phi) is 5.16. The fraction of sp³-hybridized carbons (Fsp3) is 0.467. The predicted octanol–water partition coefficient (Wildman–Crippen LogP) is 1.82. The summed E-state index contributed by atoms with van der Waals surface area (Å²) in [5.41, 5.74) is 6.13. The molecule has 1 aliphatic rings. The molecule has 1 heterocycles. The first-order chi connectivity index (χ1) is 10.1. The van der Waals surface area contributed by atoms with E-state index in [1.165, 1.54) is 0 Å². The second kappa shape index (κ2) is 7.08. The van der Waals surface area contributed by atoms with E-state index in [0.29, 0.717) is 24.3 Å². The van der Waals surface area contributed by atoms with E-state index in [1.54, 1.807) is 29.2 Å². The molecule has 1 atom stereocenters. The Labute approximate surface area is 124 Å². The van der Waals surface area contributed by atoms with E-state index < -0.39 is 6.03 Å². The molecule has 1 saturated heterocycles. The maximum atomic E-state index is 12.5. The lowest BCUT2D eigenvalue weighted by molar-refractivity contribution is 0.0539. The van der Waals surface area contributed by atoms with E-state index in [4.69, 9.17) is 10.5 Å². The summed E-state index contributed by atoms with van der Waals surface area (Å²) in [6, 6.07) is 6.13. The Morgan fingerprint density at radius 1 is 1.48 bits per heavy atom. The van der Waals surface area contributed by atoms with E-state index >= 15 is 0 Å². The molecule has 6 heteroatoms. The molecule has 1 unspecified atom stereocenters. The van der Waals surface area contributed by atoms with E-state index in [9.17, 15) is 9.59 Å². The van der Waals surface area contributed by atoms with Gasteiger partial charge in [-0.1, -0.05) is 6.07 Å². The van der Waals surface area contributed by atoms with Crippen LogP contribution >= 0.6 is 0 Å². The van der Waals surface area contributed by atoms with Crippen LogP contribution in [-0.2, 0) is 4.74 Å². The van der Waals surface area contributed by atoms with Crippen LogP contribution in [-0.4, -0.2) is 42.6 Å². The summed E-state index contributed by atoms with van der Waals surface area (Å²) in [7, 11) is 0. The number of nitrogens with zero attached hydrogens (tertiary/aromatic N) is 1. The van der Waals surface area contributed by atoms with Gasteiger partial charge in [-0.15, -0.1) is 0 Å². The van der Waals surface area contributed by atoms with Gasteiger partial charge in [-0.05, 0) is 38.0 Å². The minimum absolute atomic E-state index is 0.0684. The van der Waals surface area contributed by atoms with Crippen molar-refractivity contribution in [1.82, 2.24) is 4.90 Å². The minimum atomic E-state index is -0.647. The molecule has 1 aliphatic heterocycles. The van der Waals surface area contributed by atoms with Gasteiger partial charge in [-0.2, -0.15) is 0 Å². The van der Waals surface area contributed by atoms with Gasteiger partial charge in [0, 0.05) is 30.9 Å². The van der Waals surface area contributed by atoms with Crippen molar-refractivity contribution in [2.75, 3.05) is 25.0 Å². The summed E-state index contributed by atoms with van der Waals surface area (Å²) < 4.78 is 5.58. The molecular formula is C15H21N3O3. The lowest BCUT2D eigenvalue weighted by atomic mass is 10.1. The highest BCUT2D eigenvalue weighted by molar-refractivity contribution is 5.96. The van der Waals surface area contributed by atoms with Crippen LogP contribution in [0, 0.1) is 0 Å². The number of nitrogens with one attached hydrogen (secondary N) is 1. The van der Waals surface area contributed by atoms with Gasteiger partial charge in [0.25, 0.3) is 5.91 Å². The molecule has 3 amide bonds. The van der Waals surface area contributed by atoms with Gasteiger partial charge in [-0.25, -0.2) is 4.79 Å². The van der Waals surface area contributed by atoms with E-state index in [0.717, 1.165) is 19.4 Å². The number of hydrogen-bond acceptors (Lipinski definition) is 3. The first-order valence-corrected chi connectivity index (χ1v) is 7.17. The third-order valence-corrected chi connectivity index (χ3v) is 3.49. The largest absolute Gasteiger partial charge is 0.376 e. The monoisotopic (exact) mass is 291 g/mol. The number of carbonyl (C=O) groups excluding carboxylic acids is 2. The molecule has 6 nitrogen and oxygen atoms in total. The number of amides is 3. The van der Waals surface area contributed by atoms with Gasteiger partial charge < -0.3 is 20.7 Å². The molecule has 0 aliphatic carbocycles. The summed E-state index contributed by atoms with van der Waals surface area (Å²) in [5.74, 6) is -0.0684. The number of hydrogen-bond donors (Lipinski definition) is 2. The van der Waals surface area contributed by atoms with E-state index in [-0.39, 0.29) is 12.0 Å². The molecule has 0 radical (unpaired) electrons. The zero-order valence-electron chi connectivity index (χ0n) is 12.2. The quantitative estimate of drug-likeness (QED) is 0.867. The first-order valence-electron chi connectivity index (χ1n) is 7.17. The Bertz CT molecular complexity index is 513. The molecule has 3 N–H and O–H groups in total. The molecule has 114 valence electrons. The summed E-state index contributed by atoms with van der Waals surface area (Å²) in [4.78, 5) is 25.2. The lowest BCUT2D eigenvalue weighted by Crippen LogP contribution is -2.37. The van der Waals surface area contributed by atoms with Crippen LogP contribution in [0.4, 0.5) is 10.5 Å². The highest BCUT2D eigenvalue weighted by atomic mass is 16.5. The smallest absolute Gasteiger partial charge is 0.316 e. The Morgan fingerprint density at radius 3 is 2.90 bits per heavy atom. The lowest BCUT2D eigenvalue weighted by Gasteiger charge is -2.24. The van der Waals surface area contributed by atoms with Crippen LogP contribution < -0.4 is 11.1 Å². The number of urea groups is 1. The van der Waals surface area contributed by atoms with E-state index in [1.807, 2.05) is 6.92 Å². The van der Waals surface area contributed by atoms with Crippen LogP contribution in [0.2, 0.25) is 0 Å². The molecule has 2 rings (SSSR count). The maximum absolute atomic E-state index is 12.5.